The number of fused-ring (bicyclic) bond motifs is 1. The largest absolute Gasteiger partial charge is 0.439 e. The number of nitrogens with zero attached hydrogens (tertiary/aromatic N) is 3. The van der Waals surface area contributed by atoms with Crippen LogP contribution < -0.4 is 10.9 Å². The first kappa shape index (κ1) is 16.6. The molecule has 8 nitrogen and oxygen atoms in total. The highest BCUT2D eigenvalue weighted by molar-refractivity contribution is 5.78. The van der Waals surface area contributed by atoms with Gasteiger partial charge < -0.3 is 15.0 Å². The van der Waals surface area contributed by atoms with Crippen LogP contribution in [-0.2, 0) is 16.1 Å². The van der Waals surface area contributed by atoms with E-state index in [0.29, 0.717) is 30.5 Å². The van der Waals surface area contributed by atoms with Gasteiger partial charge >= 0.3 is 6.09 Å². The Morgan fingerprint density at radius 2 is 2.15 bits per heavy atom. The van der Waals surface area contributed by atoms with Crippen molar-refractivity contribution in [1.29, 1.82) is 0 Å². The molecule has 3 heterocycles. The van der Waals surface area contributed by atoms with Gasteiger partial charge in [-0.2, -0.15) is 0 Å². The number of para-hydroxylation sites is 1. The molecule has 26 heavy (non-hydrogen) atoms. The Morgan fingerprint density at radius 3 is 2.96 bits per heavy atom. The molecule has 0 radical (unpaired) electrons. The minimum atomic E-state index is -0.605. The number of amides is 2. The van der Waals surface area contributed by atoms with Crippen molar-refractivity contribution >= 4 is 22.9 Å². The number of piperidine rings is 1. The third-order valence-electron chi connectivity index (χ3n) is 5.05. The first-order chi connectivity index (χ1) is 12.6. The fraction of sp³-hybridized carbons (Fsp3) is 0.444. The van der Waals surface area contributed by atoms with Gasteiger partial charge in [-0.05, 0) is 25.0 Å². The first-order valence-corrected chi connectivity index (χ1v) is 8.75. The highest BCUT2D eigenvalue weighted by atomic mass is 16.6. The van der Waals surface area contributed by atoms with Crippen molar-refractivity contribution in [2.45, 2.75) is 31.4 Å². The Labute approximate surface area is 149 Å². The van der Waals surface area contributed by atoms with Crippen LogP contribution in [0, 0.1) is 0 Å². The van der Waals surface area contributed by atoms with Crippen LogP contribution in [-0.4, -0.2) is 51.7 Å². The summed E-state index contributed by atoms with van der Waals surface area (Å²) in [7, 11) is 0. The summed E-state index contributed by atoms with van der Waals surface area (Å²) in [5, 5.41) is 3.21. The fourth-order valence-electron chi connectivity index (χ4n) is 3.68. The second-order valence-corrected chi connectivity index (χ2v) is 6.86. The summed E-state index contributed by atoms with van der Waals surface area (Å²) in [6.07, 6.45) is 2.81. The van der Waals surface area contributed by atoms with Gasteiger partial charge in [0.05, 0.1) is 30.3 Å². The van der Waals surface area contributed by atoms with E-state index in [1.54, 1.807) is 23.1 Å². The van der Waals surface area contributed by atoms with E-state index in [1.807, 2.05) is 6.07 Å². The SMILES string of the molecule is O=C1NCC2(CCCN(C(=O)CCn3cnc4ccccc4c3=O)C2)O1. The zero-order valence-corrected chi connectivity index (χ0v) is 14.3. The number of benzene rings is 1. The number of aromatic nitrogens is 2. The number of alkyl carbamates (subject to hydrolysis) is 1. The molecule has 1 unspecified atom stereocenters. The van der Waals surface area contributed by atoms with Crippen molar-refractivity contribution in [3.63, 3.8) is 0 Å². The predicted molar refractivity (Wildman–Crippen MR) is 93.6 cm³/mol. The molecule has 1 atom stereocenters. The van der Waals surface area contributed by atoms with Crippen molar-refractivity contribution in [2.75, 3.05) is 19.6 Å². The quantitative estimate of drug-likeness (QED) is 0.881. The van der Waals surface area contributed by atoms with E-state index < -0.39 is 11.7 Å². The van der Waals surface area contributed by atoms with Gasteiger partial charge in [0.2, 0.25) is 5.91 Å². The van der Waals surface area contributed by atoms with Gasteiger partial charge in [0.25, 0.3) is 5.56 Å². The van der Waals surface area contributed by atoms with E-state index >= 15 is 0 Å². The van der Waals surface area contributed by atoms with Crippen LogP contribution >= 0.6 is 0 Å². The molecular weight excluding hydrogens is 336 g/mol. The number of nitrogens with one attached hydrogen (secondary N) is 1. The van der Waals surface area contributed by atoms with Crippen molar-refractivity contribution < 1.29 is 14.3 Å². The second kappa shape index (κ2) is 6.44. The molecule has 2 aliphatic rings. The zero-order chi connectivity index (χ0) is 18.1. The lowest BCUT2D eigenvalue weighted by Gasteiger charge is -2.38. The molecule has 8 heteroatoms. The van der Waals surface area contributed by atoms with Gasteiger partial charge in [-0.25, -0.2) is 9.78 Å². The fourth-order valence-corrected chi connectivity index (χ4v) is 3.68. The highest BCUT2D eigenvalue weighted by Gasteiger charge is 2.44. The van der Waals surface area contributed by atoms with Gasteiger partial charge in [0.15, 0.2) is 0 Å². The zero-order valence-electron chi connectivity index (χ0n) is 14.3. The summed E-state index contributed by atoms with van der Waals surface area (Å²) in [5.74, 6) is -0.0490. The van der Waals surface area contributed by atoms with E-state index in [-0.39, 0.29) is 24.4 Å². The number of hydrogen-bond acceptors (Lipinski definition) is 5. The molecule has 136 valence electrons. The third kappa shape index (κ3) is 3.02. The van der Waals surface area contributed by atoms with Crippen LogP contribution in [0.5, 0.6) is 0 Å². The van der Waals surface area contributed by atoms with E-state index in [0.717, 1.165) is 12.8 Å². The van der Waals surface area contributed by atoms with E-state index in [4.69, 9.17) is 4.74 Å². The van der Waals surface area contributed by atoms with Crippen LogP contribution in [0.2, 0.25) is 0 Å². The first-order valence-electron chi connectivity index (χ1n) is 8.75. The molecule has 0 aliphatic carbocycles. The Hall–Kier alpha value is -2.90. The smallest absolute Gasteiger partial charge is 0.407 e. The molecule has 1 aromatic heterocycles. The standard InChI is InChI=1S/C18H20N4O4/c23-15(21-8-3-7-18(11-21)10-19-17(25)26-18)6-9-22-12-20-14-5-2-1-4-13(14)16(22)24/h1-2,4-5,12H,3,6-11H2,(H,19,25). The lowest BCUT2D eigenvalue weighted by atomic mass is 9.93. The Balaban J connectivity index is 1.43. The molecule has 2 amide bonds. The maximum atomic E-state index is 12.6. The summed E-state index contributed by atoms with van der Waals surface area (Å²) >= 11 is 0. The summed E-state index contributed by atoms with van der Waals surface area (Å²) in [6.45, 7) is 1.75. The number of carbonyl (C=O) groups excluding carboxylic acids is 2. The number of rotatable bonds is 3. The molecule has 2 fully saturated rings. The molecule has 2 saturated heterocycles. The predicted octanol–water partition coefficient (Wildman–Crippen LogP) is 0.888. The van der Waals surface area contributed by atoms with Crippen LogP contribution in [0.15, 0.2) is 35.4 Å². The van der Waals surface area contributed by atoms with Crippen molar-refractivity contribution in [1.82, 2.24) is 19.8 Å². The van der Waals surface area contributed by atoms with Crippen LogP contribution in [0.1, 0.15) is 19.3 Å². The monoisotopic (exact) mass is 356 g/mol. The molecule has 1 aromatic carbocycles. The summed E-state index contributed by atoms with van der Waals surface area (Å²) in [4.78, 5) is 42.4. The lowest BCUT2D eigenvalue weighted by molar-refractivity contribution is -0.137. The van der Waals surface area contributed by atoms with Gasteiger partial charge in [-0.15, -0.1) is 0 Å². The third-order valence-corrected chi connectivity index (χ3v) is 5.05. The minimum Gasteiger partial charge on any atom is -0.439 e. The van der Waals surface area contributed by atoms with E-state index in [2.05, 4.69) is 10.3 Å². The summed E-state index contributed by atoms with van der Waals surface area (Å²) in [6, 6.07) is 7.15. The Kier molecular flexibility index (Phi) is 4.10. The number of ether oxygens (including phenoxy) is 1. The van der Waals surface area contributed by atoms with E-state index in [9.17, 15) is 14.4 Å². The normalized spacial score (nSPS) is 22.5. The molecular formula is C18H20N4O4. The molecule has 0 bridgehead atoms. The number of hydrogen-bond donors (Lipinski definition) is 1. The molecule has 2 aliphatic heterocycles. The average Bonchev–Trinajstić information content (AvgIpc) is 3.01. The summed E-state index contributed by atoms with van der Waals surface area (Å²) in [5.41, 5.74) is -0.104. The van der Waals surface area contributed by atoms with Crippen LogP contribution in [0.25, 0.3) is 10.9 Å². The Bertz CT molecular complexity index is 925. The molecule has 1 spiro atoms. The lowest BCUT2D eigenvalue weighted by Crippen LogP contribution is -2.52. The second-order valence-electron chi connectivity index (χ2n) is 6.86. The van der Waals surface area contributed by atoms with E-state index in [1.165, 1.54) is 10.9 Å². The molecule has 1 N–H and O–H groups in total. The number of aryl methyl sites for hydroxylation is 1. The van der Waals surface area contributed by atoms with Crippen LogP contribution in [0.3, 0.4) is 0 Å². The van der Waals surface area contributed by atoms with Gasteiger partial charge in [-0.1, -0.05) is 12.1 Å². The van der Waals surface area contributed by atoms with Gasteiger partial charge in [-0.3, -0.25) is 14.2 Å². The summed E-state index contributed by atoms with van der Waals surface area (Å²) < 4.78 is 6.86. The Morgan fingerprint density at radius 1 is 1.31 bits per heavy atom. The maximum absolute atomic E-state index is 12.6. The molecule has 4 rings (SSSR count). The van der Waals surface area contributed by atoms with Crippen LogP contribution in [0.4, 0.5) is 4.79 Å². The minimum absolute atomic E-state index is 0.0490. The average molecular weight is 356 g/mol. The van der Waals surface area contributed by atoms with Crippen molar-refractivity contribution in [2.24, 2.45) is 0 Å². The van der Waals surface area contributed by atoms with Gasteiger partial charge in [0.1, 0.15) is 5.60 Å². The number of likely N-dealkylation sites (tertiary alicyclic amines) is 1. The molecule has 2 aromatic rings. The number of carbonyl (C=O) groups is 2. The van der Waals surface area contributed by atoms with Gasteiger partial charge in [0, 0.05) is 19.5 Å². The maximum Gasteiger partial charge on any atom is 0.407 e. The topological polar surface area (TPSA) is 93.5 Å². The molecule has 0 saturated carbocycles. The van der Waals surface area contributed by atoms with Crippen molar-refractivity contribution in [3.8, 4) is 0 Å². The van der Waals surface area contributed by atoms with Crippen molar-refractivity contribution in [3.05, 3.63) is 40.9 Å². The highest BCUT2D eigenvalue weighted by Crippen LogP contribution is 2.28.